The fourth-order valence-corrected chi connectivity index (χ4v) is 4.06. The molecule has 3 N–H and O–H groups in total. The minimum Gasteiger partial charge on any atom is -0.479 e. The largest absolute Gasteiger partial charge is 0.479 e. The van der Waals surface area contributed by atoms with Crippen molar-refractivity contribution < 1.29 is 23.4 Å². The monoisotopic (exact) mass is 511 g/mol. The van der Waals surface area contributed by atoms with Crippen molar-refractivity contribution in [1.82, 2.24) is 20.1 Å². The maximum absolute atomic E-state index is 15.0. The quantitative estimate of drug-likeness (QED) is 0.451. The van der Waals surface area contributed by atoms with Crippen molar-refractivity contribution in [3.63, 3.8) is 0 Å². The molecule has 1 aliphatic rings. The second-order valence-electron chi connectivity index (χ2n) is 9.68. The third kappa shape index (κ3) is 6.00. The molecule has 1 aliphatic heterocycles. The lowest BCUT2D eigenvalue weighted by Gasteiger charge is -2.33. The lowest BCUT2D eigenvalue weighted by molar-refractivity contribution is 0.0317. The Hall–Kier alpha value is -4.11. The molecular weight excluding hydrogens is 481 g/mol. The maximum atomic E-state index is 15.0. The third-order valence-corrected chi connectivity index (χ3v) is 5.75. The van der Waals surface area contributed by atoms with Gasteiger partial charge in [0.25, 0.3) is 0 Å². The number of halogens is 1. The molecule has 0 radical (unpaired) electrons. The summed E-state index contributed by atoms with van der Waals surface area (Å²) in [5, 5.41) is 23.6. The second-order valence-corrected chi connectivity index (χ2v) is 9.68. The molecule has 0 saturated carbocycles. The van der Waals surface area contributed by atoms with Crippen LogP contribution in [0.3, 0.4) is 0 Å². The van der Waals surface area contributed by atoms with E-state index in [0.717, 1.165) is 17.0 Å². The lowest BCUT2D eigenvalue weighted by Crippen LogP contribution is -2.53. The summed E-state index contributed by atoms with van der Waals surface area (Å²) in [5.41, 5.74) is 0.861. The van der Waals surface area contributed by atoms with Gasteiger partial charge in [0.05, 0.1) is 42.3 Å². The molecule has 1 amide bonds. The van der Waals surface area contributed by atoms with Crippen LogP contribution in [0.2, 0.25) is 0 Å². The van der Waals surface area contributed by atoms with Crippen LogP contribution in [0, 0.1) is 17.1 Å². The zero-order chi connectivity index (χ0) is 26.7. The minimum absolute atomic E-state index is 0.0386. The summed E-state index contributed by atoms with van der Waals surface area (Å²) < 4.78 is 32.9. The molecule has 1 aromatic carbocycles. The van der Waals surface area contributed by atoms with Crippen molar-refractivity contribution in [3.05, 3.63) is 35.6 Å². The first kappa shape index (κ1) is 26.0. The number of pyridine rings is 1. The number of aromatic nitrogens is 3. The topological polar surface area (TPSA) is 135 Å². The Bertz CT molecular complexity index is 1350. The third-order valence-electron chi connectivity index (χ3n) is 5.75. The Morgan fingerprint density at radius 3 is 2.76 bits per heavy atom. The number of aryl methyl sites for hydroxylation is 1. The number of benzene rings is 1. The van der Waals surface area contributed by atoms with Crippen molar-refractivity contribution in [3.8, 4) is 11.9 Å². The Morgan fingerprint density at radius 1 is 1.27 bits per heavy atom. The molecule has 0 spiro atoms. The van der Waals surface area contributed by atoms with Crippen LogP contribution in [0.1, 0.15) is 32.8 Å². The molecule has 3 heterocycles. The average Bonchev–Trinajstić information content (AvgIpc) is 3.15. The number of methoxy groups -OCH3 is 1. The van der Waals surface area contributed by atoms with Crippen LogP contribution in [0.4, 0.5) is 26.5 Å². The maximum Gasteiger partial charge on any atom is 0.408 e. The zero-order valence-corrected chi connectivity index (χ0v) is 21.4. The van der Waals surface area contributed by atoms with Gasteiger partial charge in [-0.25, -0.2) is 14.2 Å². The van der Waals surface area contributed by atoms with Gasteiger partial charge in [0.15, 0.2) is 17.5 Å². The highest BCUT2D eigenvalue weighted by molar-refractivity contribution is 5.88. The van der Waals surface area contributed by atoms with Crippen LogP contribution >= 0.6 is 0 Å². The number of carbonyl (C=O) groups is 1. The summed E-state index contributed by atoms with van der Waals surface area (Å²) in [6.07, 6.45) is -0.0893. The van der Waals surface area contributed by atoms with Crippen LogP contribution in [0.25, 0.3) is 10.9 Å². The fourth-order valence-electron chi connectivity index (χ4n) is 4.06. The average molecular weight is 512 g/mol. The van der Waals surface area contributed by atoms with Gasteiger partial charge in [0.1, 0.15) is 11.7 Å². The fraction of sp³-hybridized carbons (Fsp3) is 0.440. The van der Waals surface area contributed by atoms with E-state index >= 15 is 0 Å². The summed E-state index contributed by atoms with van der Waals surface area (Å²) in [6.45, 7) is 5.97. The van der Waals surface area contributed by atoms with Crippen molar-refractivity contribution >= 4 is 34.3 Å². The molecule has 12 heteroatoms. The Kier molecular flexibility index (Phi) is 7.35. The first-order valence-electron chi connectivity index (χ1n) is 11.8. The van der Waals surface area contributed by atoms with Gasteiger partial charge in [-0.05, 0) is 51.5 Å². The molecule has 4 rings (SSSR count). The summed E-state index contributed by atoms with van der Waals surface area (Å²) in [4.78, 5) is 16.7. The first-order valence-corrected chi connectivity index (χ1v) is 11.8. The molecule has 0 unspecified atom stereocenters. The van der Waals surface area contributed by atoms with Gasteiger partial charge < -0.3 is 30.2 Å². The number of anilines is 3. The van der Waals surface area contributed by atoms with Crippen molar-refractivity contribution in [1.29, 1.82) is 5.26 Å². The van der Waals surface area contributed by atoms with Gasteiger partial charge in [-0.1, -0.05) is 0 Å². The number of ether oxygens (including phenoxy) is 3. The molecule has 2 atom stereocenters. The van der Waals surface area contributed by atoms with E-state index in [1.165, 1.54) is 7.11 Å². The summed E-state index contributed by atoms with van der Waals surface area (Å²) >= 11 is 0. The molecule has 0 bridgehead atoms. The van der Waals surface area contributed by atoms with E-state index in [0.29, 0.717) is 24.6 Å². The van der Waals surface area contributed by atoms with Gasteiger partial charge in [0, 0.05) is 19.3 Å². The molecule has 2 aromatic heterocycles. The van der Waals surface area contributed by atoms with Gasteiger partial charge in [-0.2, -0.15) is 5.26 Å². The van der Waals surface area contributed by atoms with Crippen LogP contribution < -0.4 is 20.7 Å². The number of rotatable bonds is 6. The normalized spacial score (nSPS) is 17.6. The number of hydrogen-bond acceptors (Lipinski definition) is 9. The minimum atomic E-state index is -0.686. The molecule has 3 aromatic rings. The second kappa shape index (κ2) is 10.5. The van der Waals surface area contributed by atoms with Gasteiger partial charge in [0.2, 0.25) is 5.88 Å². The number of carbonyl (C=O) groups excluding carboxylic acids is 1. The number of nitriles is 1. The highest BCUT2D eigenvalue weighted by Gasteiger charge is 2.30. The number of nitrogens with one attached hydrogen (secondary N) is 3. The van der Waals surface area contributed by atoms with E-state index < -0.39 is 23.6 Å². The standard InChI is InChI=1S/C25H30FN7O4/c1-25(2,3)37-24(34)30-19-13-36-9-8-18(19)29-22-17(26)10-14(12-27)21(31-22)28-15-6-7-20-16(11-15)23(35-5)32-33(20)4/h6-7,10-11,18-19H,8-9,13H2,1-5H3,(H,30,34)(H2,28,29,31)/t18-,19+/m1/s1. The molecular formula is C25H30FN7O4. The Morgan fingerprint density at radius 2 is 2.05 bits per heavy atom. The number of amides is 1. The number of fused-ring (bicyclic) bond motifs is 1. The van der Waals surface area contributed by atoms with Crippen LogP contribution in [0.15, 0.2) is 24.3 Å². The lowest BCUT2D eigenvalue weighted by atomic mass is 10.0. The predicted molar refractivity (Wildman–Crippen MR) is 135 cm³/mol. The SMILES string of the molecule is COc1nn(C)c2ccc(Nc3nc(N[C@@H]4CCOC[C@@H]4NC(=O)OC(C)(C)C)c(F)cc3C#N)cc12. The van der Waals surface area contributed by atoms with E-state index in [4.69, 9.17) is 14.2 Å². The summed E-state index contributed by atoms with van der Waals surface area (Å²) in [6, 6.07) is 7.74. The van der Waals surface area contributed by atoms with Crippen LogP contribution in [-0.4, -0.2) is 58.9 Å². The van der Waals surface area contributed by atoms with E-state index in [1.54, 1.807) is 25.5 Å². The highest BCUT2D eigenvalue weighted by Crippen LogP contribution is 2.30. The first-order chi connectivity index (χ1) is 17.6. The van der Waals surface area contributed by atoms with Crippen molar-refractivity contribution in [2.45, 2.75) is 44.9 Å². The van der Waals surface area contributed by atoms with Gasteiger partial charge in [-0.3, -0.25) is 4.68 Å². The summed E-state index contributed by atoms with van der Waals surface area (Å²) in [5.74, 6) is -0.102. The number of hydrogen-bond donors (Lipinski definition) is 3. The van der Waals surface area contributed by atoms with Gasteiger partial charge in [-0.15, -0.1) is 5.10 Å². The smallest absolute Gasteiger partial charge is 0.408 e. The molecule has 37 heavy (non-hydrogen) atoms. The zero-order valence-electron chi connectivity index (χ0n) is 21.4. The highest BCUT2D eigenvalue weighted by atomic mass is 19.1. The van der Waals surface area contributed by atoms with Crippen molar-refractivity contribution in [2.24, 2.45) is 7.05 Å². The number of alkyl carbamates (subject to hydrolysis) is 1. The van der Waals surface area contributed by atoms with Crippen LogP contribution in [-0.2, 0) is 16.5 Å². The Labute approximate surface area is 213 Å². The van der Waals surface area contributed by atoms with E-state index in [1.807, 2.05) is 31.3 Å². The Balaban J connectivity index is 1.58. The summed E-state index contributed by atoms with van der Waals surface area (Å²) in [7, 11) is 3.35. The van der Waals surface area contributed by atoms with Crippen LogP contribution in [0.5, 0.6) is 5.88 Å². The molecule has 196 valence electrons. The van der Waals surface area contributed by atoms with E-state index in [-0.39, 0.29) is 29.8 Å². The number of nitrogens with zero attached hydrogens (tertiary/aromatic N) is 4. The predicted octanol–water partition coefficient (Wildman–Crippen LogP) is 3.83. The molecule has 0 aliphatic carbocycles. The van der Waals surface area contributed by atoms with E-state index in [9.17, 15) is 14.4 Å². The van der Waals surface area contributed by atoms with Gasteiger partial charge >= 0.3 is 6.09 Å². The van der Waals surface area contributed by atoms with Crippen molar-refractivity contribution in [2.75, 3.05) is 31.0 Å². The molecule has 1 fully saturated rings. The molecule has 1 saturated heterocycles. The van der Waals surface area contributed by atoms with E-state index in [2.05, 4.69) is 26.0 Å². The molecule has 11 nitrogen and oxygen atoms in total.